The van der Waals surface area contributed by atoms with Crippen molar-refractivity contribution in [2.45, 2.75) is 5.75 Å². The summed E-state index contributed by atoms with van der Waals surface area (Å²) in [4.78, 5) is 0. The van der Waals surface area contributed by atoms with Crippen LogP contribution in [0.25, 0.3) is 0 Å². The summed E-state index contributed by atoms with van der Waals surface area (Å²) in [6.07, 6.45) is 0. The Morgan fingerprint density at radius 2 is 2.00 bits per heavy atom. The zero-order valence-electron chi connectivity index (χ0n) is 7.88. The molecule has 0 fully saturated rings. The number of allylic oxidation sites excluding steroid dienone is 1. The Morgan fingerprint density at radius 1 is 1.40 bits per heavy atom. The van der Waals surface area contributed by atoms with Gasteiger partial charge in [0.25, 0.3) is 0 Å². The number of nitriles is 1. The van der Waals surface area contributed by atoms with Crippen LogP contribution in [0.5, 0.6) is 0 Å². The van der Waals surface area contributed by atoms with E-state index in [2.05, 4.69) is 10.8 Å². The van der Waals surface area contributed by atoms with E-state index >= 15 is 0 Å². The summed E-state index contributed by atoms with van der Waals surface area (Å²) in [7, 11) is -3.77. The molecule has 5 heteroatoms. The summed E-state index contributed by atoms with van der Waals surface area (Å²) < 4.78 is 27.1. The maximum atomic E-state index is 11.3. The SMILES string of the molecule is C=C(C#N)OS(=O)(=O)Cc1ccccc1. The van der Waals surface area contributed by atoms with Crippen LogP contribution in [0.4, 0.5) is 0 Å². The average Bonchev–Trinajstić information content (AvgIpc) is 2.17. The van der Waals surface area contributed by atoms with Crippen molar-refractivity contribution in [2.24, 2.45) is 0 Å². The molecular formula is C10H9NO3S. The standard InChI is InChI=1S/C10H9NO3S/c1-9(7-11)14-15(12,13)8-10-5-3-2-4-6-10/h2-6H,1,8H2. The molecule has 0 unspecified atom stereocenters. The van der Waals surface area contributed by atoms with Crippen molar-refractivity contribution in [3.8, 4) is 6.07 Å². The number of rotatable bonds is 4. The summed E-state index contributed by atoms with van der Waals surface area (Å²) in [5.41, 5.74) is 0.600. The van der Waals surface area contributed by atoms with Crippen LogP contribution in [0.3, 0.4) is 0 Å². The first-order valence-electron chi connectivity index (χ1n) is 4.08. The molecule has 0 saturated carbocycles. The second-order valence-electron chi connectivity index (χ2n) is 2.81. The third-order valence-electron chi connectivity index (χ3n) is 1.54. The summed E-state index contributed by atoms with van der Waals surface area (Å²) >= 11 is 0. The third kappa shape index (κ3) is 3.83. The molecule has 0 bridgehead atoms. The van der Waals surface area contributed by atoms with E-state index in [-0.39, 0.29) is 5.75 Å². The van der Waals surface area contributed by atoms with Crippen molar-refractivity contribution in [1.82, 2.24) is 0 Å². The number of nitrogens with zero attached hydrogens (tertiary/aromatic N) is 1. The van der Waals surface area contributed by atoms with Crippen molar-refractivity contribution < 1.29 is 12.6 Å². The Bertz CT molecular complexity index is 485. The highest BCUT2D eigenvalue weighted by molar-refractivity contribution is 7.86. The van der Waals surface area contributed by atoms with Crippen LogP contribution in [0.1, 0.15) is 5.56 Å². The van der Waals surface area contributed by atoms with E-state index in [1.54, 1.807) is 30.3 Å². The zero-order chi connectivity index (χ0) is 11.3. The lowest BCUT2D eigenvalue weighted by Gasteiger charge is -2.04. The van der Waals surface area contributed by atoms with E-state index in [0.29, 0.717) is 5.56 Å². The molecule has 0 spiro atoms. The third-order valence-corrected chi connectivity index (χ3v) is 2.68. The predicted molar refractivity (Wildman–Crippen MR) is 54.9 cm³/mol. The highest BCUT2D eigenvalue weighted by Crippen LogP contribution is 2.09. The van der Waals surface area contributed by atoms with E-state index in [9.17, 15) is 8.42 Å². The lowest BCUT2D eigenvalue weighted by atomic mass is 10.2. The van der Waals surface area contributed by atoms with Crippen LogP contribution >= 0.6 is 0 Å². The Labute approximate surface area is 88.5 Å². The molecule has 0 aliphatic heterocycles. The maximum Gasteiger partial charge on any atom is 0.314 e. The van der Waals surface area contributed by atoms with Crippen molar-refractivity contribution in [1.29, 1.82) is 5.26 Å². The molecule has 0 aromatic heterocycles. The Kier molecular flexibility index (Phi) is 3.47. The van der Waals surface area contributed by atoms with Crippen molar-refractivity contribution in [3.05, 3.63) is 48.2 Å². The quantitative estimate of drug-likeness (QED) is 0.441. The molecule has 1 aromatic carbocycles. The molecular weight excluding hydrogens is 214 g/mol. The first kappa shape index (κ1) is 11.3. The number of hydrogen-bond donors (Lipinski definition) is 0. The topological polar surface area (TPSA) is 67.2 Å². The molecule has 4 nitrogen and oxygen atoms in total. The molecule has 0 amide bonds. The second kappa shape index (κ2) is 4.62. The van der Waals surface area contributed by atoms with Gasteiger partial charge in [0.05, 0.1) is 0 Å². The van der Waals surface area contributed by atoms with Crippen LogP contribution in [-0.2, 0) is 20.1 Å². The first-order chi connectivity index (χ1) is 7.03. The Hall–Kier alpha value is -1.80. The van der Waals surface area contributed by atoms with Gasteiger partial charge in [-0.15, -0.1) is 0 Å². The van der Waals surface area contributed by atoms with Crippen molar-refractivity contribution >= 4 is 10.1 Å². The zero-order valence-corrected chi connectivity index (χ0v) is 8.70. The van der Waals surface area contributed by atoms with Gasteiger partial charge >= 0.3 is 10.1 Å². The van der Waals surface area contributed by atoms with Gasteiger partial charge in [0, 0.05) is 0 Å². The minimum atomic E-state index is -3.77. The fourth-order valence-electron chi connectivity index (χ4n) is 0.980. The van der Waals surface area contributed by atoms with Gasteiger partial charge in [-0.3, -0.25) is 0 Å². The summed E-state index contributed by atoms with van der Waals surface area (Å²) in [6, 6.07) is 10.1. The molecule has 15 heavy (non-hydrogen) atoms. The van der Waals surface area contributed by atoms with Crippen molar-refractivity contribution in [3.63, 3.8) is 0 Å². The monoisotopic (exact) mass is 223 g/mol. The van der Waals surface area contributed by atoms with Crippen LogP contribution in [0, 0.1) is 11.3 Å². The largest absolute Gasteiger partial charge is 0.371 e. The highest BCUT2D eigenvalue weighted by atomic mass is 32.2. The second-order valence-corrected chi connectivity index (χ2v) is 4.38. The predicted octanol–water partition coefficient (Wildman–Crippen LogP) is 1.57. The Balaban J connectivity index is 2.75. The van der Waals surface area contributed by atoms with Gasteiger partial charge in [-0.2, -0.15) is 13.7 Å². The molecule has 0 N–H and O–H groups in total. The molecule has 0 atom stereocenters. The molecule has 1 aromatic rings. The summed E-state index contributed by atoms with van der Waals surface area (Å²) in [6.45, 7) is 3.14. The van der Waals surface area contributed by atoms with Crippen LogP contribution in [0.2, 0.25) is 0 Å². The molecule has 0 saturated heterocycles. The lowest BCUT2D eigenvalue weighted by Crippen LogP contribution is -2.07. The van der Waals surface area contributed by atoms with E-state index in [4.69, 9.17) is 5.26 Å². The van der Waals surface area contributed by atoms with Gasteiger partial charge in [0.2, 0.25) is 5.76 Å². The van der Waals surface area contributed by atoms with Gasteiger partial charge in [-0.25, -0.2) is 0 Å². The van der Waals surface area contributed by atoms with E-state index < -0.39 is 15.9 Å². The average molecular weight is 223 g/mol. The van der Waals surface area contributed by atoms with Crippen molar-refractivity contribution in [2.75, 3.05) is 0 Å². The van der Waals surface area contributed by atoms with Crippen LogP contribution in [0.15, 0.2) is 42.7 Å². The van der Waals surface area contributed by atoms with Gasteiger partial charge in [-0.05, 0) is 12.1 Å². The molecule has 0 radical (unpaired) electrons. The first-order valence-corrected chi connectivity index (χ1v) is 5.66. The normalized spacial score (nSPS) is 10.3. The van der Waals surface area contributed by atoms with E-state index in [0.717, 1.165) is 0 Å². The molecule has 0 aliphatic carbocycles. The molecule has 78 valence electrons. The fourth-order valence-corrected chi connectivity index (χ4v) is 1.98. The van der Waals surface area contributed by atoms with Gasteiger partial charge in [0.1, 0.15) is 11.8 Å². The van der Waals surface area contributed by atoms with Crippen LogP contribution in [-0.4, -0.2) is 8.42 Å². The number of hydrogen-bond acceptors (Lipinski definition) is 4. The summed E-state index contributed by atoms with van der Waals surface area (Å²) in [5, 5.41) is 8.33. The molecule has 1 rings (SSSR count). The molecule has 0 heterocycles. The Morgan fingerprint density at radius 3 is 2.53 bits per heavy atom. The smallest absolute Gasteiger partial charge is 0.314 e. The highest BCUT2D eigenvalue weighted by Gasteiger charge is 2.13. The van der Waals surface area contributed by atoms with E-state index in [1.165, 1.54) is 6.07 Å². The minimum Gasteiger partial charge on any atom is -0.371 e. The van der Waals surface area contributed by atoms with Gasteiger partial charge in [-0.1, -0.05) is 30.3 Å². The summed E-state index contributed by atoms with van der Waals surface area (Å²) in [5.74, 6) is -0.694. The minimum absolute atomic E-state index is 0.269. The van der Waals surface area contributed by atoms with Gasteiger partial charge < -0.3 is 4.18 Å². The number of benzene rings is 1. The molecule has 0 aliphatic rings. The van der Waals surface area contributed by atoms with E-state index in [1.807, 2.05) is 0 Å². The van der Waals surface area contributed by atoms with Crippen LogP contribution < -0.4 is 0 Å². The van der Waals surface area contributed by atoms with Gasteiger partial charge in [0.15, 0.2) is 0 Å². The fraction of sp³-hybridized carbons (Fsp3) is 0.100. The lowest BCUT2D eigenvalue weighted by molar-refractivity contribution is 0.423. The maximum absolute atomic E-state index is 11.3.